The van der Waals surface area contributed by atoms with E-state index < -0.39 is 0 Å². The van der Waals surface area contributed by atoms with E-state index >= 15 is 0 Å². The molecule has 1 amide bonds. The van der Waals surface area contributed by atoms with Crippen LogP contribution in [0.25, 0.3) is 0 Å². The molecule has 0 saturated carbocycles. The third-order valence-corrected chi connectivity index (χ3v) is 3.40. The van der Waals surface area contributed by atoms with Crippen LogP contribution in [0.4, 0.5) is 0 Å². The first kappa shape index (κ1) is 14.1. The molecule has 2 rings (SSSR count). The average molecular weight is 266 g/mol. The molecule has 3 atom stereocenters. The number of hydrogen-bond acceptors (Lipinski definition) is 4. The van der Waals surface area contributed by atoms with Crippen molar-refractivity contribution in [1.82, 2.24) is 10.6 Å². The summed E-state index contributed by atoms with van der Waals surface area (Å²) in [4.78, 5) is 12.3. The molecule has 0 spiro atoms. The Kier molecular flexibility index (Phi) is 4.99. The molecule has 19 heavy (non-hydrogen) atoms. The van der Waals surface area contributed by atoms with E-state index in [1.165, 1.54) is 0 Å². The highest BCUT2D eigenvalue weighted by molar-refractivity contribution is 5.80. The number of nitrogens with one attached hydrogen (secondary N) is 2. The van der Waals surface area contributed by atoms with Gasteiger partial charge in [0, 0.05) is 6.04 Å². The number of ether oxygens (including phenoxy) is 1. The molecule has 1 fully saturated rings. The lowest BCUT2D eigenvalue weighted by Crippen LogP contribution is -2.44. The van der Waals surface area contributed by atoms with Crippen LogP contribution >= 0.6 is 0 Å². The van der Waals surface area contributed by atoms with Gasteiger partial charge in [-0.05, 0) is 32.0 Å². The molecule has 1 saturated heterocycles. The van der Waals surface area contributed by atoms with Gasteiger partial charge in [0.1, 0.15) is 5.76 Å². The highest BCUT2D eigenvalue weighted by atomic mass is 16.5. The maximum Gasteiger partial charge on any atom is 0.227 e. The standard InChI is InChI=1S/C14H22N2O3/c1-3-6-15-12-9-18-8-11(12)14(17)16-10(2)13-5-4-7-19-13/h4-5,7,10-12,15H,3,6,8-9H2,1-2H3,(H,16,17)/t10-,11?,12?/m1/s1. The summed E-state index contributed by atoms with van der Waals surface area (Å²) in [7, 11) is 0. The first-order chi connectivity index (χ1) is 9.22. The van der Waals surface area contributed by atoms with Crippen LogP contribution in [-0.4, -0.2) is 31.7 Å². The molecule has 2 unspecified atom stereocenters. The van der Waals surface area contributed by atoms with Crippen molar-refractivity contribution >= 4 is 5.91 Å². The molecule has 1 aromatic heterocycles. The second-order valence-corrected chi connectivity index (χ2v) is 4.95. The minimum Gasteiger partial charge on any atom is -0.467 e. The Bertz CT molecular complexity index is 391. The van der Waals surface area contributed by atoms with Gasteiger partial charge in [-0.25, -0.2) is 0 Å². The van der Waals surface area contributed by atoms with Crippen LogP contribution in [0.3, 0.4) is 0 Å². The molecule has 2 heterocycles. The molecule has 2 N–H and O–H groups in total. The highest BCUT2D eigenvalue weighted by Gasteiger charge is 2.34. The van der Waals surface area contributed by atoms with E-state index in [0.29, 0.717) is 13.2 Å². The summed E-state index contributed by atoms with van der Waals surface area (Å²) in [6.45, 7) is 6.02. The van der Waals surface area contributed by atoms with Gasteiger partial charge in [0.25, 0.3) is 0 Å². The van der Waals surface area contributed by atoms with Crippen LogP contribution < -0.4 is 10.6 Å². The van der Waals surface area contributed by atoms with Gasteiger partial charge < -0.3 is 19.8 Å². The largest absolute Gasteiger partial charge is 0.467 e. The van der Waals surface area contributed by atoms with Gasteiger partial charge in [0.2, 0.25) is 5.91 Å². The summed E-state index contributed by atoms with van der Waals surface area (Å²) in [5, 5.41) is 6.34. The fourth-order valence-electron chi connectivity index (χ4n) is 2.27. The fourth-order valence-corrected chi connectivity index (χ4v) is 2.27. The average Bonchev–Trinajstić information content (AvgIpc) is 3.07. The molecule has 1 aliphatic rings. The fraction of sp³-hybridized carbons (Fsp3) is 0.643. The molecule has 5 heteroatoms. The molecule has 1 aliphatic heterocycles. The molecule has 0 radical (unpaired) electrons. The van der Waals surface area contributed by atoms with Gasteiger partial charge in [-0.3, -0.25) is 4.79 Å². The zero-order chi connectivity index (χ0) is 13.7. The quantitative estimate of drug-likeness (QED) is 0.818. The van der Waals surface area contributed by atoms with Crippen molar-refractivity contribution in [2.24, 2.45) is 5.92 Å². The second-order valence-electron chi connectivity index (χ2n) is 4.95. The number of rotatable bonds is 6. The molecular weight excluding hydrogens is 244 g/mol. The molecule has 0 aliphatic carbocycles. The van der Waals surface area contributed by atoms with Gasteiger partial charge in [0.15, 0.2) is 0 Å². The molecule has 106 valence electrons. The SMILES string of the molecule is CCCNC1COCC1C(=O)N[C@H](C)c1ccco1. The van der Waals surface area contributed by atoms with Crippen LogP contribution in [-0.2, 0) is 9.53 Å². The van der Waals surface area contributed by atoms with E-state index in [9.17, 15) is 4.79 Å². The highest BCUT2D eigenvalue weighted by Crippen LogP contribution is 2.17. The summed E-state index contributed by atoms with van der Waals surface area (Å²) in [5.41, 5.74) is 0. The number of amides is 1. The Morgan fingerprint density at radius 3 is 3.05 bits per heavy atom. The molecule has 5 nitrogen and oxygen atoms in total. The van der Waals surface area contributed by atoms with E-state index in [4.69, 9.17) is 9.15 Å². The van der Waals surface area contributed by atoms with E-state index in [-0.39, 0.29) is 23.9 Å². The molecule has 0 bridgehead atoms. The van der Waals surface area contributed by atoms with Crippen LogP contribution in [0, 0.1) is 5.92 Å². The summed E-state index contributed by atoms with van der Waals surface area (Å²) < 4.78 is 10.7. The molecule has 1 aromatic rings. The maximum absolute atomic E-state index is 12.3. The van der Waals surface area contributed by atoms with Gasteiger partial charge in [-0.15, -0.1) is 0 Å². The van der Waals surface area contributed by atoms with Crippen molar-refractivity contribution < 1.29 is 13.9 Å². The Balaban J connectivity index is 1.88. The van der Waals surface area contributed by atoms with Crippen LogP contribution in [0.5, 0.6) is 0 Å². The first-order valence-corrected chi connectivity index (χ1v) is 6.87. The summed E-state index contributed by atoms with van der Waals surface area (Å²) in [6.07, 6.45) is 2.66. The lowest BCUT2D eigenvalue weighted by molar-refractivity contribution is -0.126. The lowest BCUT2D eigenvalue weighted by atomic mass is 10.0. The van der Waals surface area contributed by atoms with Gasteiger partial charge >= 0.3 is 0 Å². The Labute approximate surface area is 113 Å². The summed E-state index contributed by atoms with van der Waals surface area (Å²) >= 11 is 0. The maximum atomic E-state index is 12.3. The first-order valence-electron chi connectivity index (χ1n) is 6.87. The van der Waals surface area contributed by atoms with Gasteiger partial charge in [-0.1, -0.05) is 6.92 Å². The Hall–Kier alpha value is -1.33. The number of hydrogen-bond donors (Lipinski definition) is 2. The van der Waals surface area contributed by atoms with E-state index in [2.05, 4.69) is 17.6 Å². The van der Waals surface area contributed by atoms with E-state index in [1.54, 1.807) is 6.26 Å². The zero-order valence-electron chi connectivity index (χ0n) is 11.5. The predicted octanol–water partition coefficient (Wildman–Crippen LogP) is 1.47. The van der Waals surface area contributed by atoms with Gasteiger partial charge in [0.05, 0.1) is 31.4 Å². The van der Waals surface area contributed by atoms with Crippen molar-refractivity contribution in [2.75, 3.05) is 19.8 Å². The summed E-state index contributed by atoms with van der Waals surface area (Å²) in [6, 6.07) is 3.68. The summed E-state index contributed by atoms with van der Waals surface area (Å²) in [5.74, 6) is 0.671. The third-order valence-electron chi connectivity index (χ3n) is 3.40. The monoisotopic (exact) mass is 266 g/mol. The van der Waals surface area contributed by atoms with E-state index in [0.717, 1.165) is 18.7 Å². The molecular formula is C14H22N2O3. The Morgan fingerprint density at radius 1 is 1.53 bits per heavy atom. The minimum atomic E-state index is -0.121. The number of carbonyl (C=O) groups is 1. The van der Waals surface area contributed by atoms with E-state index in [1.807, 2.05) is 19.1 Å². The minimum absolute atomic E-state index is 0.0232. The number of carbonyl (C=O) groups excluding carboxylic acids is 1. The van der Waals surface area contributed by atoms with Gasteiger partial charge in [-0.2, -0.15) is 0 Å². The van der Waals surface area contributed by atoms with Crippen molar-refractivity contribution in [3.05, 3.63) is 24.2 Å². The third kappa shape index (κ3) is 3.58. The van der Waals surface area contributed by atoms with Crippen LogP contribution in [0.1, 0.15) is 32.1 Å². The smallest absolute Gasteiger partial charge is 0.227 e. The lowest BCUT2D eigenvalue weighted by Gasteiger charge is -2.20. The molecule has 0 aromatic carbocycles. The van der Waals surface area contributed by atoms with Crippen LogP contribution in [0.15, 0.2) is 22.8 Å². The predicted molar refractivity (Wildman–Crippen MR) is 71.7 cm³/mol. The Morgan fingerprint density at radius 2 is 2.37 bits per heavy atom. The van der Waals surface area contributed by atoms with Crippen molar-refractivity contribution in [2.45, 2.75) is 32.4 Å². The topological polar surface area (TPSA) is 63.5 Å². The zero-order valence-corrected chi connectivity index (χ0v) is 11.5. The number of furan rings is 1. The second kappa shape index (κ2) is 6.73. The van der Waals surface area contributed by atoms with Crippen molar-refractivity contribution in [3.63, 3.8) is 0 Å². The van der Waals surface area contributed by atoms with Crippen molar-refractivity contribution in [1.29, 1.82) is 0 Å². The normalized spacial score (nSPS) is 24.3. The van der Waals surface area contributed by atoms with Crippen molar-refractivity contribution in [3.8, 4) is 0 Å². The van der Waals surface area contributed by atoms with Crippen LogP contribution in [0.2, 0.25) is 0 Å².